The molecule has 0 bridgehead atoms. The quantitative estimate of drug-likeness (QED) is 0.0144. The van der Waals surface area contributed by atoms with Crippen molar-refractivity contribution in [2.75, 3.05) is 161 Å². The Morgan fingerprint density at radius 2 is 0.846 bits per heavy atom. The van der Waals surface area contributed by atoms with Crippen LogP contribution < -0.4 is 44.2 Å². The molecule has 36 nitrogen and oxygen atoms in total. The van der Waals surface area contributed by atoms with Crippen LogP contribution in [0.4, 0.5) is 51.2 Å². The van der Waals surface area contributed by atoms with E-state index < -0.39 is 106 Å². The van der Waals surface area contributed by atoms with Crippen LogP contribution in [0.3, 0.4) is 0 Å². The van der Waals surface area contributed by atoms with Gasteiger partial charge in [0.15, 0.2) is 0 Å². The minimum absolute atomic E-state index is 0.00143. The van der Waals surface area contributed by atoms with Crippen molar-refractivity contribution in [3.05, 3.63) is 242 Å². The maximum Gasteiger partial charge on any atom is 0.268 e. The molecule has 1 amide bonds. The van der Waals surface area contributed by atoms with Gasteiger partial charge in [-0.15, -0.1) is 0 Å². The van der Waals surface area contributed by atoms with Crippen LogP contribution in [0, 0.1) is 12.8 Å². The average Bonchev–Trinajstić information content (AvgIpc) is 1.65. The number of phenolic OH excluding ortho intramolecular Hbond substituents is 1. The van der Waals surface area contributed by atoms with Crippen molar-refractivity contribution < 1.29 is 89.9 Å². The molecule has 46 heteroatoms. The number of aryl methyl sites for hydroxylation is 2. The van der Waals surface area contributed by atoms with E-state index in [0.717, 1.165) is 149 Å². The van der Waals surface area contributed by atoms with Crippen LogP contribution in [0.1, 0.15) is 95.7 Å². The number of nitrogens with zero attached hydrogens (tertiary/aromatic N) is 10. The number of para-hydroxylation sites is 6. The summed E-state index contributed by atoms with van der Waals surface area (Å²) in [5.41, 5.74) is 12.1. The van der Waals surface area contributed by atoms with Crippen molar-refractivity contribution in [1.29, 1.82) is 0 Å². The molecule has 1 aromatic heterocycles. The third-order valence-electron chi connectivity index (χ3n) is 24.3. The largest absolute Gasteiger partial charge is 0.508 e. The summed E-state index contributed by atoms with van der Waals surface area (Å²) < 4.78 is 257. The molecule has 1 unspecified atom stereocenters. The summed E-state index contributed by atoms with van der Waals surface area (Å²) in [5.74, 6) is 3.88. The number of nitrogens with one attached hydrogen (secondary N) is 4. The van der Waals surface area contributed by atoms with E-state index in [2.05, 4.69) is 53.9 Å². The number of phenols is 1. The first-order chi connectivity index (χ1) is 67.1. The van der Waals surface area contributed by atoms with Gasteiger partial charge in [0.2, 0.25) is 46.0 Å². The zero-order chi connectivity index (χ0) is 105. The van der Waals surface area contributed by atoms with Gasteiger partial charge in [0.05, 0.1) is 101 Å². The molecule has 0 radical (unpaired) electrons. The zero-order valence-electron chi connectivity index (χ0n) is 81.9. The molecule has 0 aliphatic carbocycles. The number of carbonyl (C=O) groups excluding carboxylic acids is 1. The molecular weight excluding hydrogens is 2030 g/mol. The fourth-order valence-electron chi connectivity index (χ4n) is 15.9. The number of nitrogen functional groups attached to an aromatic ring is 1. The van der Waals surface area contributed by atoms with E-state index in [1.165, 1.54) is 197 Å². The van der Waals surface area contributed by atoms with Crippen molar-refractivity contribution in [1.82, 2.24) is 25.5 Å². The number of hydrogen-bond acceptors (Lipinski definition) is 25. The Kier molecular flexibility index (Phi) is 36.4. The van der Waals surface area contributed by atoms with Gasteiger partial charge in [0.25, 0.3) is 50.1 Å². The molecule has 3 fully saturated rings. The second kappa shape index (κ2) is 46.4. The molecule has 4 aliphatic rings. The van der Waals surface area contributed by atoms with Crippen molar-refractivity contribution in [3.8, 4) is 5.75 Å². The van der Waals surface area contributed by atoms with Crippen LogP contribution in [0.15, 0.2) is 279 Å². The van der Waals surface area contributed by atoms with Gasteiger partial charge >= 0.3 is 0 Å². The second-order valence-electron chi connectivity index (χ2n) is 35.5. The van der Waals surface area contributed by atoms with Crippen LogP contribution >= 0.6 is 0 Å². The van der Waals surface area contributed by atoms with Crippen molar-refractivity contribution in [2.45, 2.75) is 147 Å². The summed E-state index contributed by atoms with van der Waals surface area (Å²) >= 11 is 0. The average molecular weight is 2160 g/mol. The molecule has 15 rings (SSSR count). The summed E-state index contributed by atoms with van der Waals surface area (Å²) in [6.07, 6.45) is 12.2. The molecule has 0 saturated carbocycles. The third kappa shape index (κ3) is 26.6. The molecule has 5 heterocycles. The number of carbonyl (C=O) groups is 1. The Labute approximate surface area is 843 Å². The summed E-state index contributed by atoms with van der Waals surface area (Å²) in [5, 5.41) is 13.5. The minimum atomic E-state index is -4.05. The monoisotopic (exact) mass is 2160 g/mol. The second-order valence-corrected chi connectivity index (χ2v) is 55.2. The lowest BCUT2D eigenvalue weighted by Crippen LogP contribution is -2.37. The predicted molar refractivity (Wildman–Crippen MR) is 566 cm³/mol. The highest BCUT2D eigenvalue weighted by molar-refractivity contribution is 7.98. The lowest BCUT2D eigenvalue weighted by atomic mass is 9.98. The summed E-state index contributed by atoms with van der Waals surface area (Å²) in [6.45, 7) is 10.8. The van der Waals surface area contributed by atoms with Gasteiger partial charge < -0.3 is 30.9 Å². The number of unbranched alkanes of at least 4 members (excludes halogenated alkanes) is 2. The van der Waals surface area contributed by atoms with E-state index in [1.54, 1.807) is 75.6 Å². The first kappa shape index (κ1) is 112. The number of benzene rings is 10. The van der Waals surface area contributed by atoms with E-state index >= 15 is 0 Å². The Balaban J connectivity index is 0.000000171. The van der Waals surface area contributed by atoms with Crippen LogP contribution in [0.2, 0.25) is 0 Å². The van der Waals surface area contributed by atoms with Gasteiger partial charge in [-0.05, 0) is 266 Å². The van der Waals surface area contributed by atoms with Crippen molar-refractivity contribution >= 4 is 174 Å². The first-order valence-electron chi connectivity index (χ1n) is 45.8. The molecular formula is C97H125N15O21S10. The van der Waals surface area contributed by atoms with Gasteiger partial charge in [-0.2, -0.15) is 0 Å². The fraction of sp³-hybridized carbons (Fsp3) is 0.340. The van der Waals surface area contributed by atoms with E-state index in [9.17, 15) is 89.9 Å². The molecule has 0 spiro atoms. The molecule has 10 aromatic carbocycles. The topological polar surface area (TPSA) is 470 Å². The number of rotatable bonds is 29. The number of hydrogen-bond donors (Lipinski definition) is 6. The predicted octanol–water partition coefficient (Wildman–Crippen LogP) is 13.3. The van der Waals surface area contributed by atoms with Crippen LogP contribution in [0.25, 0.3) is 10.9 Å². The van der Waals surface area contributed by atoms with Gasteiger partial charge in [-0.3, -0.25) is 23.3 Å². The van der Waals surface area contributed by atoms with E-state index in [4.69, 9.17) is 5.73 Å². The number of amides is 1. The lowest BCUT2D eigenvalue weighted by molar-refractivity contribution is -0.114. The van der Waals surface area contributed by atoms with Gasteiger partial charge in [0, 0.05) is 118 Å². The van der Waals surface area contributed by atoms with Gasteiger partial charge in [0.1, 0.15) is 22.1 Å². The number of nitrogens with two attached hydrogens (primary N) is 1. The molecule has 7 N–H and O–H groups in total. The molecule has 143 heavy (non-hydrogen) atoms. The van der Waals surface area contributed by atoms with E-state index in [1.807, 2.05) is 54.6 Å². The molecule has 1 atom stereocenters. The zero-order valence-corrected chi connectivity index (χ0v) is 90.1. The highest BCUT2D eigenvalue weighted by Crippen LogP contribution is 2.41. The molecule has 11 aromatic rings. The Hall–Kier alpha value is -11.2. The minimum Gasteiger partial charge on any atom is -0.508 e. The van der Waals surface area contributed by atoms with Crippen LogP contribution in [-0.2, 0) is 111 Å². The number of aromatic hydroxyl groups is 1. The normalized spacial score (nSPS) is 15.6. The Morgan fingerprint density at radius 3 is 1.35 bits per heavy atom. The number of aromatic nitrogens is 1. The summed E-state index contributed by atoms with van der Waals surface area (Å²) in [4.78, 5) is 19.4. The molecule has 774 valence electrons. The summed E-state index contributed by atoms with van der Waals surface area (Å²) in [7, 11) is -22.4. The number of sulfonamides is 8. The standard InChI is InChI=1S/C22H28N4O4S2.C21H26N2O4S2.C20H27N3O5S2.C19H26N4O4S2.C15H18N2O4S2/c1-24(2)31(3,28)17-11-12-21-18(15-17)23-22(27)16-26(32(21,29)30)20-10-6-5-9-19(20)25-13-7-4-8-14-25;1-4-5-6-10-18-16-17-9-7-8-11-21(17)23(18)29(26,27)20-14-12-19(13-15-20)28(24,25)22(2)3;1-15-10-12-23(13-11-15)20-9-4-16(24)14-19(20)21-29(25,26)17-5-7-18(8-6-17)30(27,28)22(2)3;1-22(2)29(26,27)15-10-11-19(16(20)14-15)28(24,25)21-17-8-4-5-9-18(17)23-12-6-3-7-13-23;1-12-6-4-5-7-15(12)16-22(18,19)13-8-10-14(11-9-13)23(20,21)17(2)3/h5-6,9-12,15H,3-4,7-8,13-14,16H2,1-2H3,(H,23,27);7-9,11-16H,4-6,10H2,1-3H3;4-9,14-15,21,24H,10-13H2,1-3H3;4-5,8-11,14,21H,3,6-7,12-13,20H2,1-2H3;4-11,16H,1-3H3. The number of piperidine rings is 3. The highest BCUT2D eigenvalue weighted by atomic mass is 32.2. The fourth-order valence-corrected chi connectivity index (χ4v) is 27.1. The first-order valence-corrected chi connectivity index (χ1v) is 60.5. The number of fused-ring (bicyclic) bond motifs is 2. The van der Waals surface area contributed by atoms with Crippen molar-refractivity contribution in [2.24, 2.45) is 5.92 Å². The Morgan fingerprint density at radius 1 is 0.427 bits per heavy atom. The van der Waals surface area contributed by atoms with Gasteiger partial charge in [-0.1, -0.05) is 87.4 Å². The van der Waals surface area contributed by atoms with E-state index in [-0.39, 0.29) is 73.4 Å². The Bertz CT molecular complexity index is 7660. The highest BCUT2D eigenvalue weighted by Gasteiger charge is 2.38. The number of anilines is 9. The maximum atomic E-state index is 13.7. The maximum absolute atomic E-state index is 13.7. The SMILES string of the molecule is C=S(=O)(c1ccc2c(c1)NC(=O)CN(c1ccccc1N1CCCCC1)S2(=O)=O)N(C)C.CC1CCN(c2ccc(O)cc2NS(=O)(=O)c2ccc(S(=O)(=O)N(C)C)cc2)CC1.CCCCCc1cc2ccccc2n1S(=O)(=O)c1ccc(S(=O)(=O)N(C)C)cc1.CN(C)S(=O)(=O)c1ccc(S(=O)(=O)Nc2ccccc2N2CCCCC2)c(N)c1.Cc1ccccc1NS(=O)(=O)c1ccc(S(=O)(=O)N(C)C)cc1. The lowest BCUT2D eigenvalue weighted by Gasteiger charge is -2.33. The van der Waals surface area contributed by atoms with Crippen molar-refractivity contribution in [3.63, 3.8) is 0 Å². The summed E-state index contributed by atoms with van der Waals surface area (Å²) in [6, 6.07) is 59.0. The molecule has 3 saturated heterocycles. The molecule has 4 aliphatic heterocycles. The third-order valence-corrected chi connectivity index (χ3v) is 41.5. The smallest absolute Gasteiger partial charge is 0.268 e. The van der Waals surface area contributed by atoms with Crippen LogP contribution in [0.5, 0.6) is 5.75 Å². The van der Waals surface area contributed by atoms with E-state index in [0.29, 0.717) is 45.5 Å². The van der Waals surface area contributed by atoms with Crippen LogP contribution in [-0.4, -0.2) is 239 Å². The van der Waals surface area contributed by atoms with Gasteiger partial charge in [-0.25, -0.2) is 105 Å².